The molecule has 0 fully saturated rings. The number of hydrogen-bond donors (Lipinski definition) is 0. The van der Waals surface area contributed by atoms with Crippen molar-refractivity contribution in [3.8, 4) is 11.5 Å². The number of ether oxygens (including phenoxy) is 2. The maximum Gasteiger partial charge on any atom is 0.278 e. The fourth-order valence-electron chi connectivity index (χ4n) is 5.56. The maximum atomic E-state index is 14.0. The summed E-state index contributed by atoms with van der Waals surface area (Å²) < 4.78 is 13.2. The van der Waals surface area contributed by atoms with Crippen LogP contribution in [0.5, 0.6) is 11.5 Å². The smallest absolute Gasteiger partial charge is 0.278 e. The van der Waals surface area contributed by atoms with E-state index in [0.29, 0.717) is 23.1 Å². The molecule has 0 radical (unpaired) electrons. The molecule has 2 amide bonds. The molecule has 254 valence electrons. The van der Waals surface area contributed by atoms with Crippen LogP contribution in [0.3, 0.4) is 0 Å². The summed E-state index contributed by atoms with van der Waals surface area (Å²) in [5.74, 6) is 1.98. The van der Waals surface area contributed by atoms with Crippen LogP contribution in [0.25, 0.3) is 12.2 Å². The lowest BCUT2D eigenvalue weighted by molar-refractivity contribution is -0.125. The second-order valence-corrected chi connectivity index (χ2v) is 14.0. The largest absolute Gasteiger partial charge is 0.491 e. The van der Waals surface area contributed by atoms with Gasteiger partial charge in [-0.15, -0.1) is 0 Å². The van der Waals surface area contributed by atoms with Gasteiger partial charge in [0.25, 0.3) is 11.8 Å². The Morgan fingerprint density at radius 3 is 1.28 bits per heavy atom. The minimum absolute atomic E-state index is 0.0551. The molecule has 0 N–H and O–H groups in total. The van der Waals surface area contributed by atoms with Crippen molar-refractivity contribution in [3.63, 3.8) is 0 Å². The zero-order valence-electron chi connectivity index (χ0n) is 28.1. The Morgan fingerprint density at radius 2 is 0.940 bits per heavy atom. The van der Waals surface area contributed by atoms with Crippen LogP contribution in [0, 0.1) is 0 Å². The molecule has 0 bridgehead atoms. The second-order valence-electron chi connectivity index (χ2n) is 12.3. The van der Waals surface area contributed by atoms with Gasteiger partial charge >= 0.3 is 0 Å². The lowest BCUT2D eigenvalue weighted by Crippen LogP contribution is -2.43. The molecular weight excluding hydrogens is 760 g/mol. The normalized spacial score (nSPS) is 16.2. The number of carbonyl (C=O) groups excluding carboxylic acids is 2. The van der Waals surface area contributed by atoms with Crippen molar-refractivity contribution in [1.82, 2.24) is 9.80 Å². The number of halogens is 2. The first-order valence-electron chi connectivity index (χ1n) is 16.3. The summed E-state index contributed by atoms with van der Waals surface area (Å²) in [5, 5.41) is 0. The van der Waals surface area contributed by atoms with Gasteiger partial charge in [0.1, 0.15) is 34.6 Å². The summed E-state index contributed by atoms with van der Waals surface area (Å²) in [5.41, 5.74) is 3.76. The zero-order chi connectivity index (χ0) is 35.4. The van der Waals surface area contributed by atoms with Crippen LogP contribution in [0.1, 0.15) is 49.9 Å². The highest BCUT2D eigenvalue weighted by Crippen LogP contribution is 2.30. The van der Waals surface area contributed by atoms with Gasteiger partial charge in [0.15, 0.2) is 0 Å². The molecule has 4 aromatic rings. The van der Waals surface area contributed by atoms with E-state index >= 15 is 0 Å². The van der Waals surface area contributed by atoms with Gasteiger partial charge in [-0.25, -0.2) is 9.98 Å². The van der Waals surface area contributed by atoms with Crippen LogP contribution in [0.2, 0.25) is 0 Å². The molecule has 50 heavy (non-hydrogen) atoms. The lowest BCUT2D eigenvalue weighted by Gasteiger charge is -2.24. The first kappa shape index (κ1) is 35.0. The van der Waals surface area contributed by atoms with Crippen molar-refractivity contribution >= 4 is 67.5 Å². The van der Waals surface area contributed by atoms with Gasteiger partial charge < -0.3 is 9.47 Å². The molecule has 2 aliphatic rings. The van der Waals surface area contributed by atoms with Crippen molar-refractivity contribution in [1.29, 1.82) is 0 Å². The van der Waals surface area contributed by atoms with Gasteiger partial charge in [-0.2, -0.15) is 0 Å². The molecule has 0 aliphatic carbocycles. The number of amidine groups is 2. The molecule has 0 saturated heterocycles. The average Bonchev–Trinajstić information content (AvgIpc) is 3.56. The zero-order valence-corrected chi connectivity index (χ0v) is 31.3. The number of aliphatic imine (C=N–C) groups is 2. The van der Waals surface area contributed by atoms with Gasteiger partial charge in [-0.1, -0.05) is 92.5 Å². The van der Waals surface area contributed by atoms with Crippen molar-refractivity contribution in [2.45, 2.75) is 39.9 Å². The molecule has 0 unspecified atom stereocenters. The predicted molar refractivity (Wildman–Crippen MR) is 205 cm³/mol. The Kier molecular flexibility index (Phi) is 10.8. The number of rotatable bonds is 11. The number of nitrogens with zero attached hydrogens (tertiary/aromatic N) is 4. The molecule has 0 aromatic heterocycles. The summed E-state index contributed by atoms with van der Waals surface area (Å²) >= 11 is 7.28. The second kappa shape index (κ2) is 15.4. The van der Waals surface area contributed by atoms with E-state index in [0.717, 1.165) is 42.7 Å². The first-order valence-corrected chi connectivity index (χ1v) is 17.9. The highest BCUT2D eigenvalue weighted by atomic mass is 79.9. The SMILES string of the molecule is CC(C)Oc1ccc(C=C2N=C(c3ccccc3Br)N(CCN3C(=O)C(=Cc4ccc(OC(C)C)cc4)N=C3c3ccccc3Br)C2=O)cc1. The first-order chi connectivity index (χ1) is 24.1. The summed E-state index contributed by atoms with van der Waals surface area (Å²) in [6.45, 7) is 8.26. The summed E-state index contributed by atoms with van der Waals surface area (Å²) in [4.78, 5) is 41.0. The summed E-state index contributed by atoms with van der Waals surface area (Å²) in [6, 6.07) is 30.4. The van der Waals surface area contributed by atoms with Crippen molar-refractivity contribution in [2.24, 2.45) is 9.98 Å². The molecule has 8 nitrogen and oxygen atoms in total. The lowest BCUT2D eigenvalue weighted by atomic mass is 10.1. The van der Waals surface area contributed by atoms with E-state index in [9.17, 15) is 9.59 Å². The predicted octanol–water partition coefficient (Wildman–Crippen LogP) is 8.75. The van der Waals surface area contributed by atoms with Crippen LogP contribution in [-0.4, -0.2) is 58.6 Å². The van der Waals surface area contributed by atoms with E-state index in [-0.39, 0.29) is 37.1 Å². The summed E-state index contributed by atoms with van der Waals surface area (Å²) in [6.07, 6.45) is 3.65. The number of carbonyl (C=O) groups is 2. The third kappa shape index (κ3) is 7.98. The Hall–Kier alpha value is -4.80. The Labute approximate surface area is 309 Å². The van der Waals surface area contributed by atoms with E-state index in [1.165, 1.54) is 0 Å². The van der Waals surface area contributed by atoms with E-state index in [2.05, 4.69) is 31.9 Å². The molecule has 0 saturated carbocycles. The van der Waals surface area contributed by atoms with Crippen LogP contribution < -0.4 is 9.47 Å². The molecular formula is C40H36Br2N4O4. The Bertz CT molecular complexity index is 1890. The van der Waals surface area contributed by atoms with Crippen LogP contribution in [0.15, 0.2) is 127 Å². The Morgan fingerprint density at radius 1 is 0.580 bits per heavy atom. The van der Waals surface area contributed by atoms with Crippen LogP contribution in [-0.2, 0) is 9.59 Å². The monoisotopic (exact) mass is 794 g/mol. The van der Waals surface area contributed by atoms with E-state index < -0.39 is 0 Å². The van der Waals surface area contributed by atoms with E-state index in [1.807, 2.05) is 125 Å². The van der Waals surface area contributed by atoms with Gasteiger partial charge in [-0.05, 0) is 87.4 Å². The third-order valence-electron chi connectivity index (χ3n) is 7.78. The average molecular weight is 797 g/mol. The highest BCUT2D eigenvalue weighted by Gasteiger charge is 2.36. The molecule has 0 spiro atoms. The van der Waals surface area contributed by atoms with Gasteiger partial charge in [-0.3, -0.25) is 19.4 Å². The van der Waals surface area contributed by atoms with Crippen molar-refractivity contribution < 1.29 is 19.1 Å². The Balaban J connectivity index is 1.30. The molecule has 0 atom stereocenters. The van der Waals surface area contributed by atoms with Gasteiger partial charge in [0.2, 0.25) is 0 Å². The number of hydrogen-bond acceptors (Lipinski definition) is 6. The topological polar surface area (TPSA) is 83.8 Å². The maximum absolute atomic E-state index is 14.0. The molecule has 2 aliphatic heterocycles. The minimum Gasteiger partial charge on any atom is -0.491 e. The number of amides is 2. The van der Waals surface area contributed by atoms with Crippen molar-refractivity contribution in [2.75, 3.05) is 13.1 Å². The standard InChI is InChI=1S/C40H36Br2N4O4/c1-25(2)49-29-17-13-27(14-18-29)23-35-39(47)45(37(43-35)31-9-5-7-11-33(31)41)21-22-46-38(32-10-6-8-12-34(32)42)44-36(40(46)48)24-28-15-19-30(20-16-28)50-26(3)4/h5-20,23-26H,21-22H2,1-4H3. The molecule has 4 aromatic carbocycles. The molecule has 10 heteroatoms. The van der Waals surface area contributed by atoms with E-state index in [4.69, 9.17) is 19.5 Å². The third-order valence-corrected chi connectivity index (χ3v) is 9.16. The summed E-state index contributed by atoms with van der Waals surface area (Å²) in [7, 11) is 0. The van der Waals surface area contributed by atoms with Crippen molar-refractivity contribution in [3.05, 3.63) is 140 Å². The van der Waals surface area contributed by atoms with Crippen LogP contribution in [0.4, 0.5) is 0 Å². The fourth-order valence-corrected chi connectivity index (χ4v) is 6.48. The van der Waals surface area contributed by atoms with E-state index in [1.54, 1.807) is 22.0 Å². The van der Waals surface area contributed by atoms with Crippen LogP contribution >= 0.6 is 31.9 Å². The number of benzene rings is 4. The molecule has 6 rings (SSSR count). The van der Waals surface area contributed by atoms with Gasteiger partial charge in [0.05, 0.1) is 12.2 Å². The highest BCUT2D eigenvalue weighted by molar-refractivity contribution is 9.10. The van der Waals surface area contributed by atoms with Gasteiger partial charge in [0, 0.05) is 33.2 Å². The molecule has 2 heterocycles. The minimum atomic E-state index is -0.260. The fraction of sp³-hybridized carbons (Fsp3) is 0.200. The quantitative estimate of drug-likeness (QED) is 0.142.